The summed E-state index contributed by atoms with van der Waals surface area (Å²) in [6, 6.07) is 24.5. The van der Waals surface area contributed by atoms with Crippen LogP contribution in [-0.2, 0) is 9.47 Å². The van der Waals surface area contributed by atoms with Crippen LogP contribution in [0.5, 0.6) is 0 Å². The maximum absolute atomic E-state index is 12.7. The number of hydrogen-bond donors (Lipinski definition) is 2. The molecule has 37 heavy (non-hydrogen) atoms. The number of carbonyl (C=O) groups is 1. The lowest BCUT2D eigenvalue weighted by molar-refractivity contribution is -0.384. The number of carbonyl (C=O) groups excluding carboxylic acids is 1. The number of hydrogen-bond acceptors (Lipinski definition) is 7. The average Bonchev–Trinajstić information content (AvgIpc) is 3.26. The molecular weight excluding hydrogens is 490 g/mol. The van der Waals surface area contributed by atoms with Crippen molar-refractivity contribution in [1.29, 1.82) is 0 Å². The molecule has 194 valence electrons. The highest BCUT2D eigenvalue weighted by molar-refractivity contribution is 6.98. The van der Waals surface area contributed by atoms with Crippen LogP contribution in [0.3, 0.4) is 0 Å². The summed E-state index contributed by atoms with van der Waals surface area (Å²) in [4.78, 5) is 35.4. The number of aliphatic hydroxyl groups excluding tert-OH is 1. The second kappa shape index (κ2) is 10.9. The fraction of sp³-hybridized carbons (Fsp3) is 0.321. The molecule has 2 N–H and O–H groups in total. The summed E-state index contributed by atoms with van der Waals surface area (Å²) < 4.78 is 11.4. The first-order valence-corrected chi connectivity index (χ1v) is 14.2. The normalized spacial score (nSPS) is 19.9. The molecule has 3 aromatic carbocycles. The molecule has 0 aliphatic carbocycles. The van der Waals surface area contributed by atoms with Crippen molar-refractivity contribution < 1.29 is 29.1 Å². The molecule has 1 aliphatic heterocycles. The average molecular weight is 522 g/mol. The third kappa shape index (κ3) is 5.50. The van der Waals surface area contributed by atoms with Gasteiger partial charge in [0.25, 0.3) is 14.0 Å². The van der Waals surface area contributed by atoms with Gasteiger partial charge in [-0.1, -0.05) is 74.5 Å². The molecule has 0 radical (unpaired) electrons. The number of nitrogens with zero attached hydrogens (tertiary/aromatic N) is 1. The lowest BCUT2D eigenvalue weighted by Crippen LogP contribution is -2.65. The number of esters is 1. The Morgan fingerprint density at radius 3 is 2.08 bits per heavy atom. The molecule has 4 rings (SSSR count). The SMILES string of the molecule is CC(C)(CC[C@H]1OC[C@@H](O)[C@@H]1OC(=O)c1ccc([N+](=O)[O-])cc1)[Si](O)(c1ccccc1)c1ccccc1. The van der Waals surface area contributed by atoms with Gasteiger partial charge in [-0.25, -0.2) is 4.79 Å². The van der Waals surface area contributed by atoms with Crippen LogP contribution in [0.25, 0.3) is 0 Å². The van der Waals surface area contributed by atoms with E-state index in [1.165, 1.54) is 24.3 Å². The van der Waals surface area contributed by atoms with E-state index in [2.05, 4.69) is 0 Å². The summed E-state index contributed by atoms with van der Waals surface area (Å²) in [5, 5.41) is 22.6. The molecule has 9 heteroatoms. The highest BCUT2D eigenvalue weighted by Crippen LogP contribution is 2.41. The van der Waals surface area contributed by atoms with Gasteiger partial charge in [-0.15, -0.1) is 0 Å². The molecule has 0 unspecified atom stereocenters. The summed E-state index contributed by atoms with van der Waals surface area (Å²) in [6.07, 6.45) is -1.42. The van der Waals surface area contributed by atoms with Crippen molar-refractivity contribution in [3.63, 3.8) is 0 Å². The van der Waals surface area contributed by atoms with E-state index in [1.807, 2.05) is 74.5 Å². The van der Waals surface area contributed by atoms with Gasteiger partial charge in [0, 0.05) is 12.1 Å². The summed E-state index contributed by atoms with van der Waals surface area (Å²) >= 11 is 0. The lowest BCUT2D eigenvalue weighted by atomic mass is 10.00. The van der Waals surface area contributed by atoms with Gasteiger partial charge in [0.1, 0.15) is 6.10 Å². The summed E-state index contributed by atoms with van der Waals surface area (Å²) in [6.45, 7) is 4.12. The fourth-order valence-corrected chi connectivity index (χ4v) is 8.72. The third-order valence-electron chi connectivity index (χ3n) is 7.20. The van der Waals surface area contributed by atoms with Gasteiger partial charge in [-0.05, 0) is 40.4 Å². The molecule has 3 aromatic rings. The van der Waals surface area contributed by atoms with Gasteiger partial charge in [0.15, 0.2) is 6.10 Å². The second-order valence-electron chi connectivity index (χ2n) is 9.98. The smallest absolute Gasteiger partial charge is 0.338 e. The third-order valence-corrected chi connectivity index (χ3v) is 11.7. The van der Waals surface area contributed by atoms with Crippen LogP contribution in [0.15, 0.2) is 84.9 Å². The van der Waals surface area contributed by atoms with Gasteiger partial charge in [0.05, 0.1) is 23.2 Å². The van der Waals surface area contributed by atoms with E-state index in [0.717, 1.165) is 10.4 Å². The molecule has 0 saturated carbocycles. The first kappa shape index (κ1) is 26.7. The molecule has 0 spiro atoms. The minimum atomic E-state index is -3.22. The Kier molecular flexibility index (Phi) is 7.89. The molecule has 1 aliphatic rings. The van der Waals surface area contributed by atoms with Crippen LogP contribution in [0.4, 0.5) is 5.69 Å². The number of non-ortho nitro benzene ring substituents is 1. The molecule has 0 amide bonds. The largest absolute Gasteiger partial charge is 0.453 e. The molecule has 1 saturated heterocycles. The summed E-state index contributed by atoms with van der Waals surface area (Å²) in [5.41, 5.74) is 0.0214. The van der Waals surface area contributed by atoms with Crippen molar-refractivity contribution >= 4 is 30.3 Å². The van der Waals surface area contributed by atoms with Crippen LogP contribution in [0.1, 0.15) is 37.0 Å². The fourth-order valence-electron chi connectivity index (χ4n) is 4.96. The predicted octanol–water partition coefficient (Wildman–Crippen LogP) is 3.19. The first-order valence-electron chi connectivity index (χ1n) is 12.2. The van der Waals surface area contributed by atoms with Crippen molar-refractivity contribution in [2.75, 3.05) is 6.61 Å². The molecule has 1 fully saturated rings. The quantitative estimate of drug-likeness (QED) is 0.192. The van der Waals surface area contributed by atoms with Gasteiger partial charge in [-0.2, -0.15) is 0 Å². The number of aliphatic hydroxyl groups is 1. The van der Waals surface area contributed by atoms with E-state index in [-0.39, 0.29) is 17.9 Å². The summed E-state index contributed by atoms with van der Waals surface area (Å²) in [7, 11) is -3.22. The predicted molar refractivity (Wildman–Crippen MR) is 141 cm³/mol. The van der Waals surface area contributed by atoms with Gasteiger partial charge in [0.2, 0.25) is 0 Å². The maximum Gasteiger partial charge on any atom is 0.338 e. The van der Waals surface area contributed by atoms with E-state index >= 15 is 0 Å². The zero-order valence-electron chi connectivity index (χ0n) is 20.8. The standard InChI is InChI=1S/C28H31NO7Si/c1-28(2,37(34,22-9-5-3-6-10-22)23-11-7-4-8-12-23)18-17-25-26(24(30)19-35-25)36-27(31)20-13-15-21(16-14-20)29(32)33/h3-16,24-26,30,34H,17-19H2,1-2H3/t24-,25-,26+/m1/s1. The zero-order chi connectivity index (χ0) is 26.6. The van der Waals surface area contributed by atoms with E-state index < -0.39 is 42.6 Å². The number of rotatable bonds is 9. The Labute approximate surface area is 216 Å². The Balaban J connectivity index is 1.51. The van der Waals surface area contributed by atoms with Crippen LogP contribution in [-0.4, -0.2) is 54.0 Å². The number of nitro benzene ring substituents is 1. The van der Waals surface area contributed by atoms with E-state index in [0.29, 0.717) is 12.8 Å². The number of benzene rings is 3. The van der Waals surface area contributed by atoms with Crippen LogP contribution in [0.2, 0.25) is 5.04 Å². The maximum atomic E-state index is 12.7. The minimum Gasteiger partial charge on any atom is -0.453 e. The first-order chi connectivity index (χ1) is 17.6. The van der Waals surface area contributed by atoms with E-state index in [4.69, 9.17) is 9.47 Å². The molecule has 8 nitrogen and oxygen atoms in total. The molecule has 0 bridgehead atoms. The van der Waals surface area contributed by atoms with Crippen molar-refractivity contribution in [3.05, 3.63) is 101 Å². The Morgan fingerprint density at radius 2 is 1.57 bits per heavy atom. The summed E-state index contributed by atoms with van der Waals surface area (Å²) in [5.74, 6) is -0.687. The van der Waals surface area contributed by atoms with Crippen molar-refractivity contribution in [2.45, 2.75) is 50.0 Å². The van der Waals surface area contributed by atoms with Crippen molar-refractivity contribution in [3.8, 4) is 0 Å². The lowest BCUT2D eigenvalue weighted by Gasteiger charge is -2.42. The van der Waals surface area contributed by atoms with E-state index in [9.17, 15) is 24.8 Å². The van der Waals surface area contributed by atoms with E-state index in [1.54, 1.807) is 0 Å². The van der Waals surface area contributed by atoms with Crippen molar-refractivity contribution in [2.24, 2.45) is 0 Å². The van der Waals surface area contributed by atoms with Crippen LogP contribution in [0, 0.1) is 10.1 Å². The molecule has 3 atom stereocenters. The Hall–Kier alpha value is -3.37. The molecule has 1 heterocycles. The van der Waals surface area contributed by atoms with Crippen molar-refractivity contribution in [1.82, 2.24) is 0 Å². The highest BCUT2D eigenvalue weighted by Gasteiger charge is 2.50. The molecule has 0 aromatic heterocycles. The van der Waals surface area contributed by atoms with Crippen LogP contribution >= 0.6 is 0 Å². The van der Waals surface area contributed by atoms with Gasteiger partial charge >= 0.3 is 5.97 Å². The zero-order valence-corrected chi connectivity index (χ0v) is 21.8. The topological polar surface area (TPSA) is 119 Å². The Bertz CT molecular complexity index is 1180. The number of ether oxygens (including phenoxy) is 2. The highest BCUT2D eigenvalue weighted by atomic mass is 28.4. The number of nitro groups is 1. The molecular formula is C28H31NO7Si. The monoisotopic (exact) mass is 521 g/mol. The van der Waals surface area contributed by atoms with Gasteiger partial charge < -0.3 is 19.4 Å². The van der Waals surface area contributed by atoms with Crippen LogP contribution < -0.4 is 10.4 Å². The minimum absolute atomic E-state index is 0.0301. The Morgan fingerprint density at radius 1 is 1.03 bits per heavy atom. The second-order valence-corrected chi connectivity index (χ2v) is 13.9. The van der Waals surface area contributed by atoms with Gasteiger partial charge in [-0.3, -0.25) is 10.1 Å².